The molecule has 0 saturated heterocycles. The molecule has 3 heterocycles. The average molecular weight is 390 g/mol. The first kappa shape index (κ1) is 17.2. The van der Waals surface area contributed by atoms with Gasteiger partial charge in [0.05, 0.1) is 6.04 Å². The monoisotopic (exact) mass is 389 g/mol. The number of benzene rings is 2. The lowest BCUT2D eigenvalue weighted by Crippen LogP contribution is -2.37. The van der Waals surface area contributed by atoms with E-state index in [0.717, 1.165) is 29.3 Å². The smallest absolute Gasteiger partial charge is 0.229 e. The van der Waals surface area contributed by atoms with Gasteiger partial charge < -0.3 is 9.88 Å². The predicted molar refractivity (Wildman–Crippen MR) is 112 cm³/mol. The molecule has 6 heteroatoms. The van der Waals surface area contributed by atoms with Gasteiger partial charge in [0.2, 0.25) is 5.95 Å². The highest BCUT2D eigenvalue weighted by Crippen LogP contribution is 2.40. The molecule has 0 fully saturated rings. The Morgan fingerprint density at radius 3 is 2.68 bits per heavy atom. The molecule has 2 aromatic carbocycles. The van der Waals surface area contributed by atoms with Crippen LogP contribution in [0.5, 0.6) is 0 Å². The number of H-pyrrole nitrogens is 1. The van der Waals surface area contributed by atoms with E-state index in [2.05, 4.69) is 68.2 Å². The van der Waals surface area contributed by atoms with Gasteiger partial charge in [-0.1, -0.05) is 41.4 Å². The summed E-state index contributed by atoms with van der Waals surface area (Å²) in [7, 11) is 0. The number of anilines is 1. The van der Waals surface area contributed by atoms with E-state index in [1.807, 2.05) is 13.0 Å². The second kappa shape index (κ2) is 6.60. The Kier molecular flexibility index (Phi) is 4.05. The van der Waals surface area contributed by atoms with E-state index in [4.69, 9.17) is 11.6 Å². The topological polar surface area (TPSA) is 57.7 Å². The van der Waals surface area contributed by atoms with Gasteiger partial charge in [-0.15, -0.1) is 0 Å². The van der Waals surface area contributed by atoms with Crippen LogP contribution in [0.25, 0.3) is 10.9 Å². The zero-order valence-corrected chi connectivity index (χ0v) is 16.5. The molecular formula is C22H20ClN5. The third kappa shape index (κ3) is 2.83. The van der Waals surface area contributed by atoms with Crippen LogP contribution in [0, 0.1) is 13.8 Å². The maximum atomic E-state index is 6.28. The Labute approximate surface area is 168 Å². The molecule has 1 N–H and O–H groups in total. The maximum Gasteiger partial charge on any atom is 0.229 e. The van der Waals surface area contributed by atoms with Gasteiger partial charge in [0, 0.05) is 28.2 Å². The third-order valence-corrected chi connectivity index (χ3v) is 5.65. The molecule has 140 valence electrons. The molecule has 4 aromatic rings. The van der Waals surface area contributed by atoms with E-state index in [0.29, 0.717) is 5.95 Å². The number of rotatable bonds is 2. The normalized spacial score (nSPS) is 16.4. The number of halogens is 1. The molecule has 0 bridgehead atoms. The van der Waals surface area contributed by atoms with E-state index in [9.17, 15) is 0 Å². The minimum absolute atomic E-state index is 0.0114. The van der Waals surface area contributed by atoms with Crippen molar-refractivity contribution in [1.82, 2.24) is 19.9 Å². The van der Waals surface area contributed by atoms with Gasteiger partial charge in [-0.3, -0.25) is 0 Å². The number of hydrogen-bond acceptors (Lipinski definition) is 4. The Morgan fingerprint density at radius 1 is 1.07 bits per heavy atom. The van der Waals surface area contributed by atoms with Crippen LogP contribution in [-0.4, -0.2) is 26.5 Å². The van der Waals surface area contributed by atoms with Crippen molar-refractivity contribution in [1.29, 1.82) is 0 Å². The van der Waals surface area contributed by atoms with Gasteiger partial charge >= 0.3 is 0 Å². The fourth-order valence-corrected chi connectivity index (χ4v) is 4.25. The Hall–Kier alpha value is -2.92. The summed E-state index contributed by atoms with van der Waals surface area (Å²) in [6, 6.07) is 14.7. The zero-order chi connectivity index (χ0) is 19.3. The first-order chi connectivity index (χ1) is 13.6. The fourth-order valence-electron chi connectivity index (χ4n) is 4.08. The van der Waals surface area contributed by atoms with Crippen LogP contribution < -0.4 is 4.90 Å². The van der Waals surface area contributed by atoms with Gasteiger partial charge in [0.1, 0.15) is 12.2 Å². The Balaban J connectivity index is 1.72. The van der Waals surface area contributed by atoms with Crippen LogP contribution >= 0.6 is 11.6 Å². The van der Waals surface area contributed by atoms with E-state index < -0.39 is 0 Å². The highest BCUT2D eigenvalue weighted by Gasteiger charge is 2.33. The molecule has 1 atom stereocenters. The molecule has 0 radical (unpaired) electrons. The molecule has 2 aromatic heterocycles. The van der Waals surface area contributed by atoms with Crippen LogP contribution in [0.4, 0.5) is 5.95 Å². The number of fused-ring (bicyclic) bond motifs is 3. The van der Waals surface area contributed by atoms with Crippen molar-refractivity contribution >= 4 is 28.5 Å². The Morgan fingerprint density at radius 2 is 1.89 bits per heavy atom. The molecule has 0 aliphatic carbocycles. The molecule has 5 rings (SSSR count). The summed E-state index contributed by atoms with van der Waals surface area (Å²) < 4.78 is 0. The van der Waals surface area contributed by atoms with Gasteiger partial charge in [-0.2, -0.15) is 4.98 Å². The maximum absolute atomic E-state index is 6.28. The van der Waals surface area contributed by atoms with Crippen molar-refractivity contribution in [3.05, 3.63) is 82.0 Å². The van der Waals surface area contributed by atoms with E-state index in [1.165, 1.54) is 27.8 Å². The number of nitrogens with one attached hydrogen (secondary N) is 1. The van der Waals surface area contributed by atoms with E-state index in [1.54, 1.807) is 6.33 Å². The summed E-state index contributed by atoms with van der Waals surface area (Å²) >= 11 is 6.28. The van der Waals surface area contributed by atoms with Crippen molar-refractivity contribution in [2.24, 2.45) is 0 Å². The number of hydrogen-bond donors (Lipinski definition) is 1. The van der Waals surface area contributed by atoms with Crippen molar-refractivity contribution < 1.29 is 0 Å². The van der Waals surface area contributed by atoms with E-state index >= 15 is 0 Å². The molecule has 0 amide bonds. The first-order valence-electron chi connectivity index (χ1n) is 9.39. The minimum atomic E-state index is 0.0114. The largest absolute Gasteiger partial charge is 0.356 e. The number of aromatic nitrogens is 4. The van der Waals surface area contributed by atoms with Gasteiger partial charge in [-0.25, -0.2) is 9.97 Å². The second-order valence-electron chi connectivity index (χ2n) is 7.30. The standard InChI is InChI=1S/C22H20ClN5/c1-13-3-5-15(6-4-13)21-20-17(18-11-16(23)7-8-19(18)27-20)9-10-28(21)22-25-12-24-14(2)26-22/h3-8,11-12,21,27H,9-10H2,1-2H3. The van der Waals surface area contributed by atoms with Crippen LogP contribution in [0.3, 0.4) is 0 Å². The quantitative estimate of drug-likeness (QED) is 0.536. The lowest BCUT2D eigenvalue weighted by molar-refractivity contribution is 0.622. The zero-order valence-electron chi connectivity index (χ0n) is 15.8. The van der Waals surface area contributed by atoms with Crippen molar-refractivity contribution in [3.8, 4) is 0 Å². The summed E-state index contributed by atoms with van der Waals surface area (Å²) in [5.74, 6) is 1.43. The molecule has 0 spiro atoms. The number of aryl methyl sites for hydroxylation is 2. The average Bonchev–Trinajstić information content (AvgIpc) is 3.06. The second-order valence-corrected chi connectivity index (χ2v) is 7.73. The molecule has 1 aliphatic heterocycles. The molecule has 5 nitrogen and oxygen atoms in total. The summed E-state index contributed by atoms with van der Waals surface area (Å²) in [5.41, 5.74) is 6.07. The number of aromatic amines is 1. The predicted octanol–water partition coefficient (Wildman–Crippen LogP) is 4.78. The number of nitrogens with zero attached hydrogens (tertiary/aromatic N) is 4. The van der Waals surface area contributed by atoms with Gasteiger partial charge in [0.15, 0.2) is 0 Å². The van der Waals surface area contributed by atoms with Crippen LogP contribution in [0.1, 0.15) is 34.3 Å². The molecule has 1 unspecified atom stereocenters. The van der Waals surface area contributed by atoms with Crippen LogP contribution in [0.2, 0.25) is 5.02 Å². The third-order valence-electron chi connectivity index (χ3n) is 5.42. The summed E-state index contributed by atoms with van der Waals surface area (Å²) in [4.78, 5) is 19.1. The summed E-state index contributed by atoms with van der Waals surface area (Å²) in [5, 5.41) is 1.96. The lowest BCUT2D eigenvalue weighted by Gasteiger charge is -2.36. The SMILES string of the molecule is Cc1ccc(C2c3[nH]c4ccc(Cl)cc4c3CCN2c2ncnc(C)n2)cc1. The highest BCUT2D eigenvalue weighted by molar-refractivity contribution is 6.31. The summed E-state index contributed by atoms with van der Waals surface area (Å²) in [6.45, 7) is 4.83. The van der Waals surface area contributed by atoms with E-state index in [-0.39, 0.29) is 6.04 Å². The molecule has 28 heavy (non-hydrogen) atoms. The highest BCUT2D eigenvalue weighted by atomic mass is 35.5. The van der Waals surface area contributed by atoms with Crippen molar-refractivity contribution in [2.45, 2.75) is 26.3 Å². The van der Waals surface area contributed by atoms with Crippen LogP contribution in [-0.2, 0) is 6.42 Å². The first-order valence-corrected chi connectivity index (χ1v) is 9.77. The van der Waals surface area contributed by atoms with Crippen molar-refractivity contribution in [3.63, 3.8) is 0 Å². The molecule has 1 aliphatic rings. The van der Waals surface area contributed by atoms with Gasteiger partial charge in [0.25, 0.3) is 0 Å². The summed E-state index contributed by atoms with van der Waals surface area (Å²) in [6.07, 6.45) is 2.49. The molecular weight excluding hydrogens is 370 g/mol. The lowest BCUT2D eigenvalue weighted by atomic mass is 9.92. The minimum Gasteiger partial charge on any atom is -0.356 e. The van der Waals surface area contributed by atoms with Gasteiger partial charge in [-0.05, 0) is 49.6 Å². The fraction of sp³-hybridized carbons (Fsp3) is 0.227. The van der Waals surface area contributed by atoms with Crippen molar-refractivity contribution in [2.75, 3.05) is 11.4 Å². The molecule has 0 saturated carbocycles. The Bertz CT molecular complexity index is 1170. The van der Waals surface area contributed by atoms with Crippen LogP contribution in [0.15, 0.2) is 48.8 Å².